The summed E-state index contributed by atoms with van der Waals surface area (Å²) in [6, 6.07) is 10.9. The van der Waals surface area contributed by atoms with Gasteiger partial charge in [0.1, 0.15) is 16.5 Å². The molecule has 1 aromatic heterocycles. The Morgan fingerprint density at radius 3 is 2.63 bits per heavy atom. The molecule has 0 radical (unpaired) electrons. The number of hydrogen-bond donors (Lipinski definition) is 2. The average molecular weight is 270 g/mol. The Morgan fingerprint density at radius 1 is 1.21 bits per heavy atom. The molecule has 2 aromatic rings. The molecule has 96 valence electrons. The van der Waals surface area contributed by atoms with E-state index in [2.05, 4.69) is 39.6 Å². The number of rotatable bonds is 4. The molecule has 0 amide bonds. The average Bonchev–Trinajstić information content (AvgIpc) is 3.20. The maximum Gasteiger partial charge on any atom is 0.144 e. The molecule has 1 aliphatic carbocycles. The Hall–Kier alpha value is -2.01. The molecular formula is C14H14N4S. The van der Waals surface area contributed by atoms with Gasteiger partial charge in [0.05, 0.1) is 12.4 Å². The van der Waals surface area contributed by atoms with Crippen LogP contribution in [0.3, 0.4) is 0 Å². The van der Waals surface area contributed by atoms with Gasteiger partial charge in [-0.25, -0.2) is 9.97 Å². The fraction of sp³-hybridized carbons (Fsp3) is 0.214. The van der Waals surface area contributed by atoms with Crippen molar-refractivity contribution in [1.82, 2.24) is 9.97 Å². The van der Waals surface area contributed by atoms with Crippen LogP contribution in [0.25, 0.3) is 0 Å². The van der Waals surface area contributed by atoms with Crippen molar-refractivity contribution in [3.05, 3.63) is 54.0 Å². The summed E-state index contributed by atoms with van der Waals surface area (Å²) in [6.07, 6.45) is 4.40. The second-order valence-corrected chi connectivity index (χ2v) is 5.09. The van der Waals surface area contributed by atoms with E-state index in [1.54, 1.807) is 12.4 Å². The summed E-state index contributed by atoms with van der Waals surface area (Å²) in [5.41, 5.74) is 7.40. The van der Waals surface area contributed by atoms with E-state index in [1.165, 1.54) is 5.56 Å². The zero-order chi connectivity index (χ0) is 13.2. The van der Waals surface area contributed by atoms with E-state index < -0.39 is 0 Å². The molecule has 5 heteroatoms. The van der Waals surface area contributed by atoms with Gasteiger partial charge in [-0.1, -0.05) is 42.5 Å². The molecule has 1 aromatic carbocycles. The molecule has 1 heterocycles. The van der Waals surface area contributed by atoms with Crippen molar-refractivity contribution in [2.24, 2.45) is 5.73 Å². The fourth-order valence-corrected chi connectivity index (χ4v) is 2.25. The number of aromatic nitrogens is 2. The van der Waals surface area contributed by atoms with Gasteiger partial charge >= 0.3 is 0 Å². The Balaban J connectivity index is 1.63. The Labute approximate surface area is 117 Å². The predicted molar refractivity (Wildman–Crippen MR) is 79.1 cm³/mol. The highest BCUT2D eigenvalue weighted by atomic mass is 32.1. The molecule has 19 heavy (non-hydrogen) atoms. The maximum atomic E-state index is 5.48. The van der Waals surface area contributed by atoms with Crippen LogP contribution in [-0.2, 0) is 0 Å². The van der Waals surface area contributed by atoms with Gasteiger partial charge in [-0.2, -0.15) is 0 Å². The third kappa shape index (κ3) is 2.71. The smallest absolute Gasteiger partial charge is 0.144 e. The number of benzene rings is 1. The van der Waals surface area contributed by atoms with Gasteiger partial charge in [-0.05, 0) is 12.0 Å². The molecule has 3 rings (SSSR count). The molecule has 1 aliphatic rings. The van der Waals surface area contributed by atoms with Crippen LogP contribution in [0.4, 0.5) is 5.82 Å². The van der Waals surface area contributed by atoms with Gasteiger partial charge in [0.2, 0.25) is 0 Å². The lowest BCUT2D eigenvalue weighted by atomic mass is 10.1. The molecule has 0 spiro atoms. The molecule has 2 unspecified atom stereocenters. The van der Waals surface area contributed by atoms with Gasteiger partial charge in [0.25, 0.3) is 0 Å². The first kappa shape index (κ1) is 12.0. The minimum Gasteiger partial charge on any atom is -0.388 e. The Bertz CT molecular complexity index is 582. The molecule has 1 saturated carbocycles. The topological polar surface area (TPSA) is 63.8 Å². The number of thiocarbonyl (C=S) groups is 1. The van der Waals surface area contributed by atoms with Gasteiger partial charge < -0.3 is 11.1 Å². The van der Waals surface area contributed by atoms with Gasteiger partial charge in [0.15, 0.2) is 0 Å². The summed E-state index contributed by atoms with van der Waals surface area (Å²) in [4.78, 5) is 8.70. The minimum atomic E-state index is 0.271. The Morgan fingerprint density at radius 2 is 2.00 bits per heavy atom. The lowest BCUT2D eigenvalue weighted by Gasteiger charge is -2.05. The maximum absolute atomic E-state index is 5.48. The highest BCUT2D eigenvalue weighted by molar-refractivity contribution is 7.80. The summed E-state index contributed by atoms with van der Waals surface area (Å²) in [5.74, 6) is 1.33. The van der Waals surface area contributed by atoms with Crippen molar-refractivity contribution >= 4 is 23.0 Å². The fourth-order valence-electron chi connectivity index (χ4n) is 2.14. The second-order valence-electron chi connectivity index (χ2n) is 4.65. The summed E-state index contributed by atoms with van der Waals surface area (Å²) >= 11 is 4.84. The first-order valence-corrected chi connectivity index (χ1v) is 6.58. The largest absolute Gasteiger partial charge is 0.388 e. The third-order valence-electron chi connectivity index (χ3n) is 3.26. The summed E-state index contributed by atoms with van der Waals surface area (Å²) in [5, 5.41) is 3.37. The molecule has 0 saturated heterocycles. The van der Waals surface area contributed by atoms with E-state index in [4.69, 9.17) is 18.0 Å². The molecule has 4 nitrogen and oxygen atoms in total. The second kappa shape index (κ2) is 4.93. The highest BCUT2D eigenvalue weighted by Gasteiger charge is 2.38. The molecular weight excluding hydrogens is 256 g/mol. The molecule has 3 N–H and O–H groups in total. The predicted octanol–water partition coefficient (Wildman–Crippen LogP) is 2.08. The van der Waals surface area contributed by atoms with E-state index in [0.29, 0.717) is 17.7 Å². The lowest BCUT2D eigenvalue weighted by molar-refractivity contribution is 1.02. The van der Waals surface area contributed by atoms with E-state index in [1.807, 2.05) is 6.07 Å². The van der Waals surface area contributed by atoms with E-state index in [-0.39, 0.29) is 4.99 Å². The summed E-state index contributed by atoms with van der Waals surface area (Å²) in [6.45, 7) is 0. The number of hydrogen-bond acceptors (Lipinski definition) is 4. The van der Waals surface area contributed by atoms with Gasteiger partial charge in [0, 0.05) is 12.0 Å². The first-order chi connectivity index (χ1) is 9.24. The number of nitrogens with two attached hydrogens (primary N) is 1. The normalized spacial score (nSPS) is 20.8. The highest BCUT2D eigenvalue weighted by Crippen LogP contribution is 2.42. The van der Waals surface area contributed by atoms with Crippen molar-refractivity contribution in [3.8, 4) is 0 Å². The molecule has 1 fully saturated rings. The third-order valence-corrected chi connectivity index (χ3v) is 3.46. The van der Waals surface area contributed by atoms with Crippen molar-refractivity contribution < 1.29 is 0 Å². The van der Waals surface area contributed by atoms with Crippen molar-refractivity contribution in [2.45, 2.75) is 18.4 Å². The quantitative estimate of drug-likeness (QED) is 0.833. The van der Waals surface area contributed by atoms with Crippen LogP contribution in [0.15, 0.2) is 42.7 Å². The van der Waals surface area contributed by atoms with E-state index in [0.717, 1.165) is 12.2 Å². The lowest BCUT2D eigenvalue weighted by Crippen LogP contribution is -2.13. The standard InChI is InChI=1S/C14H14N4S/c15-14(19)12-7-17-13(8-16-12)18-11-6-10(11)9-4-2-1-3-5-9/h1-5,7-8,10-11H,6H2,(H2,15,19)(H,17,18). The van der Waals surface area contributed by atoms with Crippen LogP contribution in [0.2, 0.25) is 0 Å². The first-order valence-electron chi connectivity index (χ1n) is 6.17. The van der Waals surface area contributed by atoms with Crippen LogP contribution in [0.5, 0.6) is 0 Å². The van der Waals surface area contributed by atoms with Crippen LogP contribution < -0.4 is 11.1 Å². The Kier molecular flexibility index (Phi) is 3.13. The zero-order valence-electron chi connectivity index (χ0n) is 10.3. The van der Waals surface area contributed by atoms with E-state index in [9.17, 15) is 0 Å². The number of nitrogens with one attached hydrogen (secondary N) is 1. The van der Waals surface area contributed by atoms with Crippen molar-refractivity contribution in [1.29, 1.82) is 0 Å². The van der Waals surface area contributed by atoms with Crippen LogP contribution in [0.1, 0.15) is 23.6 Å². The van der Waals surface area contributed by atoms with Crippen molar-refractivity contribution in [2.75, 3.05) is 5.32 Å². The van der Waals surface area contributed by atoms with Gasteiger partial charge in [-0.3, -0.25) is 0 Å². The van der Waals surface area contributed by atoms with Gasteiger partial charge in [-0.15, -0.1) is 0 Å². The minimum absolute atomic E-state index is 0.271. The summed E-state index contributed by atoms with van der Waals surface area (Å²) in [7, 11) is 0. The molecule has 2 atom stereocenters. The summed E-state index contributed by atoms with van der Waals surface area (Å²) < 4.78 is 0. The number of nitrogens with zero attached hydrogens (tertiary/aromatic N) is 2. The van der Waals surface area contributed by atoms with E-state index >= 15 is 0 Å². The monoisotopic (exact) mass is 270 g/mol. The van der Waals surface area contributed by atoms with Crippen LogP contribution in [-0.4, -0.2) is 21.0 Å². The van der Waals surface area contributed by atoms with Crippen LogP contribution >= 0.6 is 12.2 Å². The zero-order valence-corrected chi connectivity index (χ0v) is 11.1. The van der Waals surface area contributed by atoms with Crippen molar-refractivity contribution in [3.63, 3.8) is 0 Å². The van der Waals surface area contributed by atoms with Crippen LogP contribution in [0, 0.1) is 0 Å². The molecule has 0 bridgehead atoms. The number of anilines is 1. The SMILES string of the molecule is NC(=S)c1cnc(NC2CC2c2ccccc2)cn1. The molecule has 0 aliphatic heterocycles.